The summed E-state index contributed by atoms with van der Waals surface area (Å²) in [4.78, 5) is 23.8. The van der Waals surface area contributed by atoms with Crippen LogP contribution in [0.3, 0.4) is 0 Å². The van der Waals surface area contributed by atoms with Crippen LogP contribution in [-0.2, 0) is 21.5 Å². The monoisotopic (exact) mass is 311 g/mol. The quantitative estimate of drug-likeness (QED) is 0.880. The van der Waals surface area contributed by atoms with Gasteiger partial charge in [-0.05, 0) is 45.2 Å². The number of hydrogen-bond acceptors (Lipinski definition) is 3. The molecule has 1 aromatic rings. The van der Waals surface area contributed by atoms with Crippen molar-refractivity contribution < 1.29 is 19.4 Å². The van der Waals surface area contributed by atoms with Gasteiger partial charge in [0.15, 0.2) is 5.54 Å². The molecule has 0 aromatic heterocycles. The van der Waals surface area contributed by atoms with E-state index in [9.17, 15) is 14.7 Å². The minimum Gasteiger partial charge on any atom is -0.479 e. The van der Waals surface area contributed by atoms with Gasteiger partial charge in [-0.15, -0.1) is 0 Å². The van der Waals surface area contributed by atoms with Crippen molar-refractivity contribution in [1.82, 2.24) is 5.32 Å². The largest absolute Gasteiger partial charge is 0.479 e. The Morgan fingerprint density at radius 3 is 2.62 bits per heavy atom. The zero-order valence-electron chi connectivity index (χ0n) is 12.2. The molecule has 6 heteroatoms. The molecule has 1 aliphatic carbocycles. The molecule has 21 heavy (non-hydrogen) atoms. The third kappa shape index (κ3) is 2.97. The van der Waals surface area contributed by atoms with E-state index in [0.29, 0.717) is 17.0 Å². The number of nitrogens with one attached hydrogen (secondary N) is 1. The lowest BCUT2D eigenvalue weighted by molar-refractivity contribution is -0.145. The van der Waals surface area contributed by atoms with Crippen molar-refractivity contribution >= 4 is 23.7 Å². The topological polar surface area (TPSA) is 75.6 Å². The number of fused-ring (bicyclic) bond motifs is 1. The first-order valence-corrected chi connectivity index (χ1v) is 7.06. The van der Waals surface area contributed by atoms with E-state index in [4.69, 9.17) is 16.3 Å². The van der Waals surface area contributed by atoms with Gasteiger partial charge < -0.3 is 15.2 Å². The van der Waals surface area contributed by atoms with Crippen molar-refractivity contribution in [2.24, 2.45) is 0 Å². The lowest BCUT2D eigenvalue weighted by Gasteiger charge is -2.29. The summed E-state index contributed by atoms with van der Waals surface area (Å²) in [6.45, 7) is 5.15. The van der Waals surface area contributed by atoms with E-state index in [-0.39, 0.29) is 6.42 Å². The third-order valence-corrected chi connectivity index (χ3v) is 3.69. The number of carbonyl (C=O) groups is 2. The molecule has 1 atom stereocenters. The van der Waals surface area contributed by atoms with Gasteiger partial charge in [-0.1, -0.05) is 23.7 Å². The van der Waals surface area contributed by atoms with Crippen LogP contribution in [0.2, 0.25) is 5.02 Å². The summed E-state index contributed by atoms with van der Waals surface area (Å²) in [6, 6.07) is 5.22. The van der Waals surface area contributed by atoms with Crippen molar-refractivity contribution in [3.8, 4) is 0 Å². The summed E-state index contributed by atoms with van der Waals surface area (Å²) >= 11 is 6.16. The number of alkyl carbamates (subject to hydrolysis) is 1. The van der Waals surface area contributed by atoms with Crippen LogP contribution in [0.15, 0.2) is 18.2 Å². The Hall–Kier alpha value is -1.75. The van der Waals surface area contributed by atoms with Gasteiger partial charge >= 0.3 is 12.1 Å². The average Bonchev–Trinajstić information content (AvgIpc) is 2.68. The predicted octanol–water partition coefficient (Wildman–Crippen LogP) is 3.09. The van der Waals surface area contributed by atoms with Crippen molar-refractivity contribution in [3.63, 3.8) is 0 Å². The molecule has 2 rings (SSSR count). The van der Waals surface area contributed by atoms with Crippen LogP contribution in [-0.4, -0.2) is 22.8 Å². The number of rotatable bonds is 2. The molecule has 0 heterocycles. The van der Waals surface area contributed by atoms with Gasteiger partial charge in [0.2, 0.25) is 0 Å². The molecular formula is C15H18ClNO4. The van der Waals surface area contributed by atoms with Crippen LogP contribution in [0.5, 0.6) is 0 Å². The summed E-state index contributed by atoms with van der Waals surface area (Å²) in [5, 5.41) is 12.5. The van der Waals surface area contributed by atoms with Gasteiger partial charge in [0.1, 0.15) is 5.60 Å². The van der Waals surface area contributed by atoms with Crippen LogP contribution in [0.1, 0.15) is 38.3 Å². The zero-order chi connectivity index (χ0) is 15.8. The molecule has 2 N–H and O–H groups in total. The second-order valence-electron chi connectivity index (χ2n) is 6.11. The smallest absolute Gasteiger partial charge is 0.408 e. The molecule has 0 bridgehead atoms. The molecule has 1 amide bonds. The number of carboxylic acids is 1. The van der Waals surface area contributed by atoms with E-state index in [2.05, 4.69) is 5.32 Å². The summed E-state index contributed by atoms with van der Waals surface area (Å²) in [5.41, 5.74) is -0.951. The normalized spacial score (nSPS) is 20.8. The number of amides is 1. The zero-order valence-corrected chi connectivity index (χ0v) is 13.0. The van der Waals surface area contributed by atoms with Crippen LogP contribution in [0.25, 0.3) is 0 Å². The first-order valence-electron chi connectivity index (χ1n) is 6.68. The molecule has 0 spiro atoms. The highest BCUT2D eigenvalue weighted by molar-refractivity contribution is 6.32. The highest BCUT2D eigenvalue weighted by atomic mass is 35.5. The minimum atomic E-state index is -1.53. The maximum absolute atomic E-state index is 12.0. The maximum atomic E-state index is 12.0. The Kier molecular flexibility index (Phi) is 3.89. The first kappa shape index (κ1) is 15.6. The average molecular weight is 312 g/mol. The summed E-state index contributed by atoms with van der Waals surface area (Å²) in [7, 11) is 0. The molecule has 1 aliphatic rings. The number of aryl methyl sites for hydroxylation is 1. The van der Waals surface area contributed by atoms with E-state index in [1.807, 2.05) is 6.07 Å². The fourth-order valence-corrected chi connectivity index (χ4v) is 2.93. The van der Waals surface area contributed by atoms with Gasteiger partial charge in [-0.2, -0.15) is 0 Å². The van der Waals surface area contributed by atoms with Crippen LogP contribution < -0.4 is 5.32 Å². The molecule has 0 aliphatic heterocycles. The third-order valence-electron chi connectivity index (χ3n) is 3.38. The molecule has 0 saturated heterocycles. The SMILES string of the molecule is CC(C)(C)OC(=O)NC1(C(=O)O)CCc2cccc(Cl)c21. The second-order valence-corrected chi connectivity index (χ2v) is 6.52. The van der Waals surface area contributed by atoms with Crippen molar-refractivity contribution in [2.45, 2.75) is 44.8 Å². The Morgan fingerprint density at radius 2 is 2.05 bits per heavy atom. The maximum Gasteiger partial charge on any atom is 0.408 e. The van der Waals surface area contributed by atoms with Crippen LogP contribution in [0, 0.1) is 0 Å². The number of benzene rings is 1. The molecular weight excluding hydrogens is 294 g/mol. The van der Waals surface area contributed by atoms with Crippen molar-refractivity contribution in [3.05, 3.63) is 34.3 Å². The standard InChI is InChI=1S/C15H18ClNO4/c1-14(2,3)21-13(20)17-15(12(18)19)8-7-9-5-4-6-10(16)11(9)15/h4-6H,7-8H2,1-3H3,(H,17,20)(H,18,19). The Balaban J connectivity index is 2.38. The fraction of sp³-hybridized carbons (Fsp3) is 0.467. The van der Waals surface area contributed by atoms with Gasteiger partial charge in [0.25, 0.3) is 0 Å². The number of aliphatic carboxylic acids is 1. The van der Waals surface area contributed by atoms with Crippen LogP contribution in [0.4, 0.5) is 4.79 Å². The summed E-state index contributed by atoms with van der Waals surface area (Å²) < 4.78 is 5.17. The molecule has 1 unspecified atom stereocenters. The van der Waals surface area contributed by atoms with E-state index >= 15 is 0 Å². The molecule has 0 fully saturated rings. The summed E-state index contributed by atoms with van der Waals surface area (Å²) in [5.74, 6) is -1.14. The second kappa shape index (κ2) is 5.22. The van der Waals surface area contributed by atoms with Crippen LogP contribution >= 0.6 is 11.6 Å². The number of carboxylic acid groups (broad SMARTS) is 1. The van der Waals surface area contributed by atoms with Gasteiger partial charge in [-0.3, -0.25) is 0 Å². The number of ether oxygens (including phenoxy) is 1. The lowest BCUT2D eigenvalue weighted by atomic mass is 9.92. The Morgan fingerprint density at radius 1 is 1.38 bits per heavy atom. The molecule has 0 radical (unpaired) electrons. The molecule has 5 nitrogen and oxygen atoms in total. The van der Waals surface area contributed by atoms with Gasteiger partial charge in [-0.25, -0.2) is 9.59 Å². The van der Waals surface area contributed by atoms with E-state index in [1.165, 1.54) is 0 Å². The lowest BCUT2D eigenvalue weighted by Crippen LogP contribution is -2.51. The van der Waals surface area contributed by atoms with Gasteiger partial charge in [0, 0.05) is 10.6 Å². The number of halogens is 1. The summed E-state index contributed by atoms with van der Waals surface area (Å²) in [6.07, 6.45) is 0.0243. The van der Waals surface area contributed by atoms with Crippen molar-refractivity contribution in [1.29, 1.82) is 0 Å². The minimum absolute atomic E-state index is 0.251. The number of hydrogen-bond donors (Lipinski definition) is 2. The van der Waals surface area contributed by atoms with E-state index in [0.717, 1.165) is 5.56 Å². The molecule has 1 aromatic carbocycles. The highest BCUT2D eigenvalue weighted by Gasteiger charge is 2.49. The first-order chi connectivity index (χ1) is 9.66. The molecule has 0 saturated carbocycles. The van der Waals surface area contributed by atoms with Gasteiger partial charge in [0.05, 0.1) is 0 Å². The number of carbonyl (C=O) groups excluding carboxylic acids is 1. The molecule has 114 valence electrons. The highest BCUT2D eigenvalue weighted by Crippen LogP contribution is 2.41. The fourth-order valence-electron chi connectivity index (χ4n) is 2.57. The van der Waals surface area contributed by atoms with E-state index in [1.54, 1.807) is 32.9 Å². The Bertz CT molecular complexity index is 594. The predicted molar refractivity (Wildman–Crippen MR) is 78.5 cm³/mol. The van der Waals surface area contributed by atoms with E-state index < -0.39 is 23.2 Å². The van der Waals surface area contributed by atoms with Crippen molar-refractivity contribution in [2.75, 3.05) is 0 Å². The Labute approximate surface area is 128 Å².